The third-order valence-electron chi connectivity index (χ3n) is 6.29. The van der Waals surface area contributed by atoms with Gasteiger partial charge in [-0.3, -0.25) is 9.79 Å². The molecule has 2 aliphatic rings. The van der Waals surface area contributed by atoms with Crippen LogP contribution >= 0.6 is 0 Å². The fraction of sp³-hybridized carbons (Fsp3) is 0.185. The summed E-state index contributed by atoms with van der Waals surface area (Å²) < 4.78 is 5.91. The zero-order valence-electron chi connectivity index (χ0n) is 19.2. The summed E-state index contributed by atoms with van der Waals surface area (Å²) in [5.74, 6) is 0.877. The molecular weight excluding hydrogens is 454 g/mol. The molecule has 36 heavy (non-hydrogen) atoms. The Morgan fingerprint density at radius 2 is 1.75 bits per heavy atom. The highest BCUT2D eigenvalue weighted by molar-refractivity contribution is 6.16. The maximum Gasteiger partial charge on any atom is 0.317 e. The highest BCUT2D eigenvalue weighted by atomic mass is 16.4. The summed E-state index contributed by atoms with van der Waals surface area (Å²) in [4.78, 5) is 28.0. The van der Waals surface area contributed by atoms with Gasteiger partial charge in [-0.1, -0.05) is 59.7 Å². The Labute approximate surface area is 207 Å². The van der Waals surface area contributed by atoms with Crippen LogP contribution in [0.4, 0.5) is 11.8 Å². The molecule has 1 unspecified atom stereocenters. The highest BCUT2D eigenvalue weighted by Gasteiger charge is 2.35. The van der Waals surface area contributed by atoms with E-state index in [2.05, 4.69) is 25.3 Å². The van der Waals surface area contributed by atoms with E-state index in [0.717, 1.165) is 22.4 Å². The number of aliphatic imine (C=N–C) groups is 1. The molecule has 0 aliphatic carbocycles. The molecule has 4 aromatic rings. The van der Waals surface area contributed by atoms with Crippen LogP contribution in [0.1, 0.15) is 16.7 Å². The molecule has 1 atom stereocenters. The SMILES string of the molecule is [C-]#[N+]C1CN(c2ncccc2-c2nnc(NC3N=C(c4ccccc4)c4ccccc4CC3=O)o2)C1. The van der Waals surface area contributed by atoms with E-state index < -0.39 is 6.17 Å². The molecular formula is C27H21N7O2. The van der Waals surface area contributed by atoms with Gasteiger partial charge >= 0.3 is 6.01 Å². The summed E-state index contributed by atoms with van der Waals surface area (Å²) in [6.07, 6.45) is 1.05. The first-order valence-corrected chi connectivity index (χ1v) is 11.6. The summed E-state index contributed by atoms with van der Waals surface area (Å²) in [5, 5.41) is 11.4. The van der Waals surface area contributed by atoms with E-state index in [4.69, 9.17) is 16.0 Å². The van der Waals surface area contributed by atoms with Gasteiger partial charge in [0.1, 0.15) is 5.82 Å². The smallest absolute Gasteiger partial charge is 0.317 e. The number of ketones is 1. The lowest BCUT2D eigenvalue weighted by Gasteiger charge is -2.33. The maximum atomic E-state index is 13.2. The molecule has 1 fully saturated rings. The van der Waals surface area contributed by atoms with Crippen molar-refractivity contribution in [3.8, 4) is 11.5 Å². The zero-order chi connectivity index (χ0) is 24.5. The van der Waals surface area contributed by atoms with Crippen LogP contribution in [0.5, 0.6) is 0 Å². The van der Waals surface area contributed by atoms with E-state index in [-0.39, 0.29) is 30.2 Å². The summed E-state index contributed by atoms with van der Waals surface area (Å²) in [6.45, 7) is 8.41. The van der Waals surface area contributed by atoms with Crippen LogP contribution in [0.3, 0.4) is 0 Å². The molecule has 2 aliphatic heterocycles. The second-order valence-corrected chi connectivity index (χ2v) is 8.67. The van der Waals surface area contributed by atoms with E-state index in [0.29, 0.717) is 24.5 Å². The molecule has 2 aromatic heterocycles. The largest absolute Gasteiger partial charge is 0.403 e. The molecule has 1 N–H and O–H groups in total. The van der Waals surface area contributed by atoms with Gasteiger partial charge in [0.2, 0.25) is 0 Å². The quantitative estimate of drug-likeness (QED) is 0.440. The van der Waals surface area contributed by atoms with Crippen LogP contribution in [0, 0.1) is 6.57 Å². The number of carbonyl (C=O) groups is 1. The minimum Gasteiger partial charge on any atom is -0.403 e. The van der Waals surface area contributed by atoms with Gasteiger partial charge < -0.3 is 19.5 Å². The minimum atomic E-state index is -0.885. The first kappa shape index (κ1) is 21.7. The standard InChI is InChI=1S/C27H21N7O2/c1-28-19-15-34(16-19)25-21(12-7-13-29-25)26-32-33-27(36-26)31-24-22(35)14-18-10-5-6-11-20(18)23(30-24)17-8-3-2-4-9-17/h2-13,19,24H,14-16H2,(H,31,33). The number of carbonyl (C=O) groups excluding carboxylic acids is 1. The zero-order valence-corrected chi connectivity index (χ0v) is 19.2. The summed E-state index contributed by atoms with van der Waals surface area (Å²) in [6, 6.07) is 21.3. The fourth-order valence-electron chi connectivity index (χ4n) is 4.43. The molecule has 176 valence electrons. The number of hydrogen-bond acceptors (Lipinski definition) is 8. The van der Waals surface area contributed by atoms with E-state index >= 15 is 0 Å². The van der Waals surface area contributed by atoms with Crippen molar-refractivity contribution in [2.24, 2.45) is 4.99 Å². The molecule has 2 aromatic carbocycles. The molecule has 0 amide bonds. The normalized spacial score (nSPS) is 17.4. The van der Waals surface area contributed by atoms with Crippen LogP contribution in [-0.2, 0) is 11.2 Å². The molecule has 6 rings (SSSR count). The summed E-state index contributed by atoms with van der Waals surface area (Å²) >= 11 is 0. The third-order valence-corrected chi connectivity index (χ3v) is 6.29. The molecule has 0 saturated carbocycles. The van der Waals surface area contributed by atoms with Crippen molar-refractivity contribution in [1.29, 1.82) is 0 Å². The van der Waals surface area contributed by atoms with Gasteiger partial charge in [-0.25, -0.2) is 11.6 Å². The van der Waals surface area contributed by atoms with Crippen LogP contribution in [0.2, 0.25) is 0 Å². The number of Topliss-reactive ketones (excluding diaryl/α,β-unsaturated/α-hetero) is 1. The molecule has 0 bridgehead atoms. The van der Waals surface area contributed by atoms with Crippen LogP contribution < -0.4 is 10.2 Å². The van der Waals surface area contributed by atoms with Crippen molar-refractivity contribution in [1.82, 2.24) is 15.2 Å². The molecule has 1 saturated heterocycles. The lowest BCUT2D eigenvalue weighted by molar-refractivity contribution is -0.119. The van der Waals surface area contributed by atoms with Crippen molar-refractivity contribution >= 4 is 23.3 Å². The number of rotatable bonds is 5. The minimum absolute atomic E-state index is 0.0261. The van der Waals surface area contributed by atoms with E-state index in [1.165, 1.54) is 0 Å². The predicted octanol–water partition coefficient (Wildman–Crippen LogP) is 3.64. The van der Waals surface area contributed by atoms with Crippen molar-refractivity contribution < 1.29 is 9.21 Å². The van der Waals surface area contributed by atoms with Gasteiger partial charge in [-0.15, -0.1) is 5.10 Å². The third kappa shape index (κ3) is 3.99. The van der Waals surface area contributed by atoms with Crippen molar-refractivity contribution in [2.75, 3.05) is 23.3 Å². The highest BCUT2D eigenvalue weighted by Crippen LogP contribution is 2.32. The van der Waals surface area contributed by atoms with Crippen molar-refractivity contribution in [3.63, 3.8) is 0 Å². The van der Waals surface area contributed by atoms with Gasteiger partial charge in [0.15, 0.2) is 11.9 Å². The fourth-order valence-corrected chi connectivity index (χ4v) is 4.43. The summed E-state index contributed by atoms with van der Waals surface area (Å²) in [7, 11) is 0. The maximum absolute atomic E-state index is 13.2. The molecule has 4 heterocycles. The first-order chi connectivity index (χ1) is 17.7. The predicted molar refractivity (Wildman–Crippen MR) is 135 cm³/mol. The number of fused-ring (bicyclic) bond motifs is 1. The number of hydrogen-bond donors (Lipinski definition) is 1. The Balaban J connectivity index is 1.31. The lowest BCUT2D eigenvalue weighted by atomic mass is 9.96. The Morgan fingerprint density at radius 1 is 0.972 bits per heavy atom. The monoisotopic (exact) mass is 475 g/mol. The molecule has 0 spiro atoms. The molecule has 0 radical (unpaired) electrons. The van der Waals surface area contributed by atoms with Gasteiger partial charge in [-0.05, 0) is 17.7 Å². The second kappa shape index (κ2) is 9.07. The van der Waals surface area contributed by atoms with Gasteiger partial charge in [0, 0.05) is 23.7 Å². The van der Waals surface area contributed by atoms with Crippen LogP contribution in [-0.4, -0.2) is 52.0 Å². The number of anilines is 2. The lowest BCUT2D eigenvalue weighted by Crippen LogP contribution is -2.49. The average Bonchev–Trinajstić information content (AvgIpc) is 3.30. The van der Waals surface area contributed by atoms with Crippen molar-refractivity contribution in [3.05, 3.63) is 101 Å². The van der Waals surface area contributed by atoms with Gasteiger partial charge in [0.05, 0.1) is 24.4 Å². The Bertz CT molecular complexity index is 1500. The number of pyridine rings is 1. The van der Waals surface area contributed by atoms with Gasteiger partial charge in [-0.2, -0.15) is 0 Å². The van der Waals surface area contributed by atoms with E-state index in [1.807, 2.05) is 65.6 Å². The molecule has 9 heteroatoms. The topological polar surface area (TPSA) is 101 Å². The number of benzene rings is 2. The Hall–Kier alpha value is -4.84. The van der Waals surface area contributed by atoms with E-state index in [9.17, 15) is 4.79 Å². The number of nitrogens with zero attached hydrogens (tertiary/aromatic N) is 6. The van der Waals surface area contributed by atoms with Gasteiger partial charge in [0.25, 0.3) is 11.9 Å². The second-order valence-electron chi connectivity index (χ2n) is 8.67. The Kier molecular flexibility index (Phi) is 5.46. The van der Waals surface area contributed by atoms with Crippen molar-refractivity contribution in [2.45, 2.75) is 18.6 Å². The summed E-state index contributed by atoms with van der Waals surface area (Å²) in [5.41, 5.74) is 4.18. The molecule has 9 nitrogen and oxygen atoms in total. The van der Waals surface area contributed by atoms with E-state index in [1.54, 1.807) is 12.3 Å². The Morgan fingerprint density at radius 3 is 2.58 bits per heavy atom. The average molecular weight is 476 g/mol. The first-order valence-electron chi connectivity index (χ1n) is 11.6. The number of nitrogens with one attached hydrogen (secondary N) is 1. The number of aromatic nitrogens is 3. The van der Waals surface area contributed by atoms with Crippen LogP contribution in [0.25, 0.3) is 16.3 Å². The van der Waals surface area contributed by atoms with Crippen LogP contribution in [0.15, 0.2) is 82.3 Å².